The van der Waals surface area contributed by atoms with E-state index in [0.717, 1.165) is 44.2 Å². The fourth-order valence-corrected chi connectivity index (χ4v) is 3.24. The first kappa shape index (κ1) is 17.2. The summed E-state index contributed by atoms with van der Waals surface area (Å²) < 4.78 is 0. The first-order valence-corrected chi connectivity index (χ1v) is 8.79. The van der Waals surface area contributed by atoms with Crippen LogP contribution in [0.15, 0.2) is 60.9 Å². The number of rotatable bonds is 3. The van der Waals surface area contributed by atoms with Crippen LogP contribution in [0.3, 0.4) is 0 Å². The Morgan fingerprint density at radius 2 is 1.67 bits per heavy atom. The Morgan fingerprint density at radius 3 is 2.37 bits per heavy atom. The molecule has 3 N–H and O–H groups in total. The van der Waals surface area contributed by atoms with Gasteiger partial charge >= 0.3 is 6.92 Å². The third kappa shape index (κ3) is 3.27. The van der Waals surface area contributed by atoms with E-state index >= 15 is 0 Å². The molecule has 132 valence electrons. The number of fused-ring (bicyclic) bond motifs is 1. The molecule has 27 heavy (non-hydrogen) atoms. The van der Waals surface area contributed by atoms with Crippen LogP contribution in [0.2, 0.25) is 6.82 Å². The highest BCUT2D eigenvalue weighted by Crippen LogP contribution is 2.30. The fraction of sp³-hybridized carbons (Fsp3) is 0.0952. The highest BCUT2D eigenvalue weighted by atomic mass is 16.2. The molecule has 0 saturated heterocycles. The maximum Gasteiger partial charge on any atom is 0.320 e. The summed E-state index contributed by atoms with van der Waals surface area (Å²) in [6.45, 7) is 3.13. The molecule has 0 saturated carbocycles. The van der Waals surface area contributed by atoms with Gasteiger partial charge in [-0.3, -0.25) is 4.98 Å². The Balaban J connectivity index is 1.92. The summed E-state index contributed by atoms with van der Waals surface area (Å²) in [5, 5.41) is 20.2. The molecular formula is C21H19BN4O. The van der Waals surface area contributed by atoms with Gasteiger partial charge in [0.05, 0.1) is 5.69 Å². The number of nitrogens with zero attached hydrogens (tertiary/aromatic N) is 3. The van der Waals surface area contributed by atoms with Crippen molar-refractivity contribution in [2.45, 2.75) is 13.7 Å². The van der Waals surface area contributed by atoms with E-state index in [9.17, 15) is 5.02 Å². The van der Waals surface area contributed by atoms with Gasteiger partial charge in [-0.15, -0.1) is 5.10 Å². The van der Waals surface area contributed by atoms with E-state index in [1.54, 1.807) is 13.0 Å². The normalized spacial score (nSPS) is 10.9. The molecule has 0 aliphatic heterocycles. The lowest BCUT2D eigenvalue weighted by molar-refractivity contribution is 0.594. The van der Waals surface area contributed by atoms with Crippen LogP contribution in [0.1, 0.15) is 5.69 Å². The largest absolute Gasteiger partial charge is 0.447 e. The quantitative estimate of drug-likeness (QED) is 0.553. The average Bonchev–Trinajstić information content (AvgIpc) is 2.71. The van der Waals surface area contributed by atoms with E-state index in [4.69, 9.17) is 5.73 Å². The van der Waals surface area contributed by atoms with Crippen LogP contribution in [0.5, 0.6) is 0 Å². The number of aromatic nitrogens is 3. The zero-order valence-electron chi connectivity index (χ0n) is 15.2. The Labute approximate surface area is 158 Å². The maximum atomic E-state index is 10.2. The summed E-state index contributed by atoms with van der Waals surface area (Å²) in [6.07, 6.45) is 3.58. The summed E-state index contributed by atoms with van der Waals surface area (Å²) in [6, 6.07) is 16.1. The molecule has 4 rings (SSSR count). The molecule has 0 spiro atoms. The van der Waals surface area contributed by atoms with Gasteiger partial charge in [0.2, 0.25) is 0 Å². The SMILES string of the molecule is CB(O)c1cc(-c2cccnc2)cc(-c2ccc3c(N)nnc(C)c3c2)c1. The molecular weight excluding hydrogens is 335 g/mol. The predicted molar refractivity (Wildman–Crippen MR) is 111 cm³/mol. The zero-order chi connectivity index (χ0) is 19.0. The number of pyridine rings is 1. The molecule has 0 atom stereocenters. The number of aryl methyl sites for hydroxylation is 1. The molecule has 0 aliphatic carbocycles. The lowest BCUT2D eigenvalue weighted by Gasteiger charge is -2.12. The van der Waals surface area contributed by atoms with Crippen molar-refractivity contribution in [2.75, 3.05) is 5.73 Å². The topological polar surface area (TPSA) is 84.9 Å². The first-order chi connectivity index (χ1) is 13.0. The molecule has 0 fully saturated rings. The molecule has 0 radical (unpaired) electrons. The van der Waals surface area contributed by atoms with Gasteiger partial charge in [0.15, 0.2) is 5.82 Å². The van der Waals surface area contributed by atoms with Crippen LogP contribution < -0.4 is 11.2 Å². The molecule has 2 aromatic carbocycles. The van der Waals surface area contributed by atoms with Crippen LogP contribution in [0.25, 0.3) is 33.0 Å². The Hall–Kier alpha value is -3.25. The minimum atomic E-state index is -0.566. The van der Waals surface area contributed by atoms with Crippen molar-refractivity contribution in [1.82, 2.24) is 15.2 Å². The van der Waals surface area contributed by atoms with Gasteiger partial charge in [-0.2, -0.15) is 5.10 Å². The van der Waals surface area contributed by atoms with Crippen molar-refractivity contribution >= 4 is 29.0 Å². The molecule has 4 aromatic rings. The summed E-state index contributed by atoms with van der Waals surface area (Å²) in [7, 11) is 0. The van der Waals surface area contributed by atoms with E-state index in [2.05, 4.69) is 27.3 Å². The Morgan fingerprint density at radius 1 is 0.889 bits per heavy atom. The molecule has 0 unspecified atom stereocenters. The number of benzene rings is 2. The second-order valence-corrected chi connectivity index (χ2v) is 6.69. The third-order valence-corrected chi connectivity index (χ3v) is 4.76. The minimum Gasteiger partial charge on any atom is -0.447 e. The second kappa shape index (κ2) is 6.81. The third-order valence-electron chi connectivity index (χ3n) is 4.76. The molecule has 0 aliphatic rings. The van der Waals surface area contributed by atoms with Crippen molar-refractivity contribution in [1.29, 1.82) is 0 Å². The van der Waals surface area contributed by atoms with Gasteiger partial charge in [0, 0.05) is 23.2 Å². The lowest BCUT2D eigenvalue weighted by atomic mass is 9.63. The van der Waals surface area contributed by atoms with Crippen molar-refractivity contribution in [3.8, 4) is 22.3 Å². The van der Waals surface area contributed by atoms with Gasteiger partial charge in [-0.25, -0.2) is 0 Å². The highest BCUT2D eigenvalue weighted by molar-refractivity contribution is 6.65. The summed E-state index contributed by atoms with van der Waals surface area (Å²) in [4.78, 5) is 4.21. The lowest BCUT2D eigenvalue weighted by Crippen LogP contribution is -2.26. The van der Waals surface area contributed by atoms with Crippen molar-refractivity contribution < 1.29 is 5.02 Å². The minimum absolute atomic E-state index is 0.427. The number of nitrogens with two attached hydrogens (primary N) is 1. The standard InChI is InChI=1S/C21H19BN4O/c1-13-20-11-14(5-6-19(20)21(23)26-25-13)16-8-17(10-18(9-16)22(2)27)15-4-3-7-24-12-15/h3-12,27H,1-2H3,(H2,23,26). The van der Waals surface area contributed by atoms with Crippen molar-refractivity contribution in [2.24, 2.45) is 0 Å². The summed E-state index contributed by atoms with van der Waals surface area (Å²) in [5.41, 5.74) is 11.7. The molecule has 6 heteroatoms. The van der Waals surface area contributed by atoms with E-state index in [1.165, 1.54) is 0 Å². The smallest absolute Gasteiger partial charge is 0.320 e. The van der Waals surface area contributed by atoms with Gasteiger partial charge in [-0.05, 0) is 58.9 Å². The van der Waals surface area contributed by atoms with Gasteiger partial charge in [0.25, 0.3) is 0 Å². The molecule has 2 aromatic heterocycles. The van der Waals surface area contributed by atoms with Gasteiger partial charge in [0.1, 0.15) is 0 Å². The molecule has 0 amide bonds. The number of hydrogen-bond donors (Lipinski definition) is 2. The van der Waals surface area contributed by atoms with Crippen LogP contribution in [-0.4, -0.2) is 27.1 Å². The van der Waals surface area contributed by atoms with Crippen LogP contribution in [0.4, 0.5) is 5.82 Å². The summed E-state index contributed by atoms with van der Waals surface area (Å²) in [5.74, 6) is 0.427. The highest BCUT2D eigenvalue weighted by Gasteiger charge is 2.13. The van der Waals surface area contributed by atoms with Crippen LogP contribution in [-0.2, 0) is 0 Å². The molecule has 2 heterocycles. The zero-order valence-corrected chi connectivity index (χ0v) is 15.2. The van der Waals surface area contributed by atoms with Crippen molar-refractivity contribution in [3.05, 3.63) is 66.6 Å². The number of anilines is 1. The first-order valence-electron chi connectivity index (χ1n) is 8.79. The molecule has 0 bridgehead atoms. The van der Waals surface area contributed by atoms with E-state index < -0.39 is 6.92 Å². The van der Waals surface area contributed by atoms with Crippen LogP contribution in [0, 0.1) is 6.92 Å². The van der Waals surface area contributed by atoms with E-state index in [0.29, 0.717) is 5.82 Å². The average molecular weight is 354 g/mol. The van der Waals surface area contributed by atoms with E-state index in [1.807, 2.05) is 49.5 Å². The second-order valence-electron chi connectivity index (χ2n) is 6.69. The van der Waals surface area contributed by atoms with Crippen LogP contribution >= 0.6 is 0 Å². The number of nitrogen functional groups attached to an aromatic ring is 1. The van der Waals surface area contributed by atoms with Gasteiger partial charge in [-0.1, -0.05) is 31.1 Å². The molecule has 5 nitrogen and oxygen atoms in total. The van der Waals surface area contributed by atoms with E-state index in [-0.39, 0.29) is 0 Å². The van der Waals surface area contributed by atoms with Gasteiger partial charge < -0.3 is 10.8 Å². The maximum absolute atomic E-state index is 10.2. The summed E-state index contributed by atoms with van der Waals surface area (Å²) >= 11 is 0. The monoisotopic (exact) mass is 354 g/mol. The Kier molecular flexibility index (Phi) is 4.34. The number of hydrogen-bond acceptors (Lipinski definition) is 5. The van der Waals surface area contributed by atoms with Crippen molar-refractivity contribution in [3.63, 3.8) is 0 Å². The fourth-order valence-electron chi connectivity index (χ4n) is 3.24. The predicted octanol–water partition coefficient (Wildman–Crippen LogP) is 3.07. The Bertz CT molecular complexity index is 1130.